The van der Waals surface area contributed by atoms with Crippen molar-refractivity contribution in [3.05, 3.63) is 112 Å². The summed E-state index contributed by atoms with van der Waals surface area (Å²) in [6, 6.07) is 15.3. The Kier molecular flexibility index (Phi) is 8.91. The van der Waals surface area contributed by atoms with Crippen LogP contribution in [-0.4, -0.2) is 51.6 Å². The number of carbonyl (C=O) groups is 2. The van der Waals surface area contributed by atoms with Crippen molar-refractivity contribution in [1.29, 1.82) is 0 Å². The highest BCUT2D eigenvalue weighted by atomic mass is 16.6. The van der Waals surface area contributed by atoms with Crippen LogP contribution < -0.4 is 16.2 Å². The summed E-state index contributed by atoms with van der Waals surface area (Å²) in [5.41, 5.74) is 2.76. The number of piperidine rings is 1. The zero-order valence-corrected chi connectivity index (χ0v) is 25.0. The monoisotopic (exact) mass is 593 g/mol. The van der Waals surface area contributed by atoms with Crippen molar-refractivity contribution >= 4 is 17.8 Å². The number of carbonyl (C=O) groups excluding carboxylic acids is 2. The first-order valence-corrected chi connectivity index (χ1v) is 15.5. The van der Waals surface area contributed by atoms with Crippen molar-refractivity contribution < 1.29 is 14.3 Å². The average Bonchev–Trinajstić information content (AvgIpc) is 3.88. The molecule has 2 aliphatic carbocycles. The number of rotatable bonds is 9. The minimum absolute atomic E-state index is 0.0495. The van der Waals surface area contributed by atoms with E-state index in [0.29, 0.717) is 24.3 Å². The van der Waals surface area contributed by atoms with Crippen molar-refractivity contribution in [2.24, 2.45) is 11.8 Å². The minimum Gasteiger partial charge on any atom is -0.445 e. The molecule has 3 aliphatic rings. The summed E-state index contributed by atoms with van der Waals surface area (Å²) in [5.74, 6) is 0.548. The van der Waals surface area contributed by atoms with E-state index >= 15 is 0 Å². The topological polar surface area (TPSA) is 106 Å². The molecule has 1 unspecified atom stereocenters. The van der Waals surface area contributed by atoms with E-state index in [1.807, 2.05) is 49.4 Å². The average molecular weight is 594 g/mol. The number of nitrogens with zero attached hydrogens (tertiary/aromatic N) is 3. The van der Waals surface area contributed by atoms with E-state index in [1.54, 1.807) is 34.0 Å². The number of likely N-dealkylation sites (tertiary alicyclic amines) is 1. The van der Waals surface area contributed by atoms with Crippen LogP contribution in [0.1, 0.15) is 53.6 Å². The summed E-state index contributed by atoms with van der Waals surface area (Å²) in [7, 11) is 0. The third-order valence-electron chi connectivity index (χ3n) is 8.77. The minimum atomic E-state index is -0.298. The van der Waals surface area contributed by atoms with E-state index in [9.17, 15) is 14.4 Å². The third kappa shape index (κ3) is 6.93. The third-order valence-corrected chi connectivity index (χ3v) is 8.77. The number of allylic oxidation sites excluding steroid dienone is 3. The number of anilines is 1. The lowest BCUT2D eigenvalue weighted by molar-refractivity contribution is 0.0790. The molecule has 9 heteroatoms. The van der Waals surface area contributed by atoms with Gasteiger partial charge >= 0.3 is 6.09 Å². The summed E-state index contributed by atoms with van der Waals surface area (Å²) in [6.45, 7) is 3.36. The molecule has 44 heavy (non-hydrogen) atoms. The van der Waals surface area contributed by atoms with Gasteiger partial charge in [-0.1, -0.05) is 60.7 Å². The molecule has 1 aliphatic heterocycles. The fourth-order valence-electron chi connectivity index (χ4n) is 6.06. The van der Waals surface area contributed by atoms with Crippen LogP contribution in [0.3, 0.4) is 0 Å². The van der Waals surface area contributed by atoms with Gasteiger partial charge in [-0.3, -0.25) is 14.2 Å². The largest absolute Gasteiger partial charge is 0.445 e. The molecule has 2 aromatic carbocycles. The van der Waals surface area contributed by atoms with E-state index in [4.69, 9.17) is 4.74 Å². The molecule has 1 saturated carbocycles. The Hall–Kier alpha value is -4.66. The van der Waals surface area contributed by atoms with Crippen LogP contribution in [0.2, 0.25) is 0 Å². The number of aromatic nitrogens is 2. The van der Waals surface area contributed by atoms with Gasteiger partial charge in [0.05, 0.1) is 5.69 Å². The van der Waals surface area contributed by atoms with Gasteiger partial charge in [0.15, 0.2) is 5.82 Å². The normalized spacial score (nSPS) is 18.9. The van der Waals surface area contributed by atoms with Crippen molar-refractivity contribution in [3.8, 4) is 5.69 Å². The maximum absolute atomic E-state index is 13.9. The Balaban J connectivity index is 1.17. The van der Waals surface area contributed by atoms with E-state index in [0.717, 1.165) is 43.2 Å². The zero-order valence-electron chi connectivity index (χ0n) is 25.0. The van der Waals surface area contributed by atoms with E-state index in [2.05, 4.69) is 33.8 Å². The van der Waals surface area contributed by atoms with Crippen LogP contribution in [0.5, 0.6) is 0 Å². The molecule has 1 aromatic heterocycles. The lowest BCUT2D eigenvalue weighted by atomic mass is 9.79. The first kappa shape index (κ1) is 29.4. The molecule has 9 nitrogen and oxygen atoms in total. The predicted octanol–water partition coefficient (Wildman–Crippen LogP) is 5.39. The highest BCUT2D eigenvalue weighted by Gasteiger charge is 2.34. The fraction of sp³-hybridized carbons (Fsp3) is 0.371. The second-order valence-electron chi connectivity index (χ2n) is 11.9. The lowest BCUT2D eigenvalue weighted by Gasteiger charge is -2.39. The van der Waals surface area contributed by atoms with Crippen LogP contribution in [0.4, 0.5) is 10.6 Å². The molecule has 2 atom stereocenters. The summed E-state index contributed by atoms with van der Waals surface area (Å²) >= 11 is 0. The van der Waals surface area contributed by atoms with Crippen LogP contribution in [0.15, 0.2) is 90.0 Å². The van der Waals surface area contributed by atoms with Gasteiger partial charge in [0.1, 0.15) is 6.61 Å². The van der Waals surface area contributed by atoms with Crippen molar-refractivity contribution in [1.82, 2.24) is 19.8 Å². The Morgan fingerprint density at radius 3 is 2.57 bits per heavy atom. The number of nitrogens with one attached hydrogen (secondary N) is 2. The highest BCUT2D eigenvalue weighted by molar-refractivity contribution is 5.95. The summed E-state index contributed by atoms with van der Waals surface area (Å²) in [5, 5.41) is 6.56. The van der Waals surface area contributed by atoms with E-state index < -0.39 is 0 Å². The van der Waals surface area contributed by atoms with Gasteiger partial charge in [-0.25, -0.2) is 9.78 Å². The standard InChI is InChI=1S/C35H39N5O4/c1-24-12-13-28(33(41)37-29-14-15-29)22-30(24)40-21-18-36-32(34(40)42)38-31(26-10-6-3-7-11-26)27-16-19-39(20-17-27)35(43)44-23-25-8-4-2-5-9-25/h2-10,12-13,18,21-22,26-27,29,31H,11,14-17,19-20,23H2,1H3,(H,36,38)(H,37,41)/t26?,31-/m0/s1. The number of hydrogen-bond donors (Lipinski definition) is 2. The molecule has 228 valence electrons. The number of hydrogen-bond acceptors (Lipinski definition) is 6. The van der Waals surface area contributed by atoms with Gasteiger partial charge in [0.2, 0.25) is 0 Å². The second kappa shape index (κ2) is 13.3. The van der Waals surface area contributed by atoms with Gasteiger partial charge in [0, 0.05) is 49.0 Å². The maximum atomic E-state index is 13.9. The van der Waals surface area contributed by atoms with E-state index in [-0.39, 0.29) is 53.9 Å². The van der Waals surface area contributed by atoms with Crippen molar-refractivity contribution in [3.63, 3.8) is 0 Å². The van der Waals surface area contributed by atoms with Gasteiger partial charge in [-0.15, -0.1) is 0 Å². The van der Waals surface area contributed by atoms with Crippen LogP contribution in [0, 0.1) is 18.8 Å². The SMILES string of the molecule is Cc1ccc(C(=O)NC2CC2)cc1-n1ccnc(N[C@@H](C2C=CC=CC2)C2CCN(C(=O)OCc3ccccc3)CC2)c1=O. The summed E-state index contributed by atoms with van der Waals surface area (Å²) < 4.78 is 7.14. The Morgan fingerprint density at radius 1 is 1.05 bits per heavy atom. The van der Waals surface area contributed by atoms with Gasteiger partial charge in [-0.2, -0.15) is 0 Å². The number of amides is 2. The van der Waals surface area contributed by atoms with Gasteiger partial charge < -0.3 is 20.3 Å². The van der Waals surface area contributed by atoms with Crippen LogP contribution >= 0.6 is 0 Å². The highest BCUT2D eigenvalue weighted by Crippen LogP contribution is 2.31. The molecular formula is C35H39N5O4. The Labute approximate surface area is 257 Å². The number of benzene rings is 2. The quantitative estimate of drug-likeness (QED) is 0.345. The summed E-state index contributed by atoms with van der Waals surface area (Å²) in [4.78, 5) is 45.6. The Morgan fingerprint density at radius 2 is 1.84 bits per heavy atom. The molecule has 2 heterocycles. The first-order chi connectivity index (χ1) is 21.5. The maximum Gasteiger partial charge on any atom is 0.410 e. The second-order valence-corrected chi connectivity index (χ2v) is 11.9. The van der Waals surface area contributed by atoms with Gasteiger partial charge in [-0.05, 0) is 68.2 Å². The predicted molar refractivity (Wildman–Crippen MR) is 170 cm³/mol. The molecule has 2 N–H and O–H groups in total. The molecule has 2 fully saturated rings. The van der Waals surface area contributed by atoms with Crippen molar-refractivity contribution in [2.45, 2.75) is 57.7 Å². The zero-order chi connectivity index (χ0) is 30.5. The number of aryl methyl sites for hydroxylation is 1. The van der Waals surface area contributed by atoms with Crippen molar-refractivity contribution in [2.75, 3.05) is 18.4 Å². The number of ether oxygens (including phenoxy) is 1. The Bertz CT molecular complexity index is 1600. The molecule has 0 spiro atoms. The molecule has 0 bridgehead atoms. The molecule has 3 aromatic rings. The molecule has 2 amide bonds. The molecular weight excluding hydrogens is 554 g/mol. The smallest absolute Gasteiger partial charge is 0.410 e. The first-order valence-electron chi connectivity index (χ1n) is 15.5. The van der Waals surface area contributed by atoms with Gasteiger partial charge in [0.25, 0.3) is 11.5 Å². The molecule has 1 saturated heterocycles. The van der Waals surface area contributed by atoms with Crippen LogP contribution in [0.25, 0.3) is 5.69 Å². The van der Waals surface area contributed by atoms with Crippen LogP contribution in [-0.2, 0) is 11.3 Å². The molecule has 0 radical (unpaired) electrons. The molecule has 6 rings (SSSR count). The summed E-state index contributed by atoms with van der Waals surface area (Å²) in [6.07, 6.45) is 15.8. The lowest BCUT2D eigenvalue weighted by Crippen LogP contribution is -2.46. The fourth-order valence-corrected chi connectivity index (χ4v) is 6.06. The van der Waals surface area contributed by atoms with E-state index in [1.165, 1.54) is 0 Å².